The van der Waals surface area contributed by atoms with Crippen molar-refractivity contribution in [3.63, 3.8) is 0 Å². The minimum Gasteiger partial charge on any atom is -0.497 e. The molecule has 0 radical (unpaired) electrons. The summed E-state index contributed by atoms with van der Waals surface area (Å²) in [6.07, 6.45) is -1.00. The minimum atomic E-state index is -1.00. The molecule has 0 saturated carbocycles. The lowest BCUT2D eigenvalue weighted by molar-refractivity contribution is -0.123. The van der Waals surface area contributed by atoms with Crippen LogP contribution in [-0.2, 0) is 9.53 Å². The van der Waals surface area contributed by atoms with Crippen LogP contribution in [0.1, 0.15) is 17.3 Å². The van der Waals surface area contributed by atoms with Crippen LogP contribution >= 0.6 is 11.6 Å². The van der Waals surface area contributed by atoms with Gasteiger partial charge in [-0.25, -0.2) is 4.79 Å². The van der Waals surface area contributed by atoms with Crippen molar-refractivity contribution in [2.45, 2.75) is 13.0 Å². The predicted octanol–water partition coefficient (Wildman–Crippen LogP) is 3.54. The van der Waals surface area contributed by atoms with Crippen LogP contribution in [0.15, 0.2) is 42.5 Å². The molecule has 0 heterocycles. The fourth-order valence-electron chi connectivity index (χ4n) is 2.04. The minimum absolute atomic E-state index is 0.152. The number of benzene rings is 2. The molecule has 2 aromatic rings. The number of esters is 1. The second-order valence-corrected chi connectivity index (χ2v) is 5.55. The number of nitrogens with one attached hydrogen (secondary N) is 1. The lowest BCUT2D eigenvalue weighted by atomic mass is 10.2. The lowest BCUT2D eigenvalue weighted by Crippen LogP contribution is -2.30. The van der Waals surface area contributed by atoms with Crippen molar-refractivity contribution in [3.8, 4) is 11.5 Å². The highest BCUT2D eigenvalue weighted by atomic mass is 35.5. The van der Waals surface area contributed by atoms with E-state index in [0.29, 0.717) is 22.2 Å². The molecule has 2 aromatic carbocycles. The smallest absolute Gasteiger partial charge is 0.342 e. The van der Waals surface area contributed by atoms with E-state index in [0.717, 1.165) is 0 Å². The van der Waals surface area contributed by atoms with Crippen molar-refractivity contribution in [1.29, 1.82) is 0 Å². The number of carbonyl (C=O) groups excluding carboxylic acids is 2. The molecule has 0 saturated heterocycles. The first-order chi connectivity index (χ1) is 11.9. The third kappa shape index (κ3) is 4.87. The average Bonchev–Trinajstić information content (AvgIpc) is 2.62. The van der Waals surface area contributed by atoms with E-state index in [1.54, 1.807) is 43.5 Å². The number of rotatable bonds is 6. The van der Waals surface area contributed by atoms with Crippen molar-refractivity contribution in [1.82, 2.24) is 0 Å². The van der Waals surface area contributed by atoms with Gasteiger partial charge in [0.2, 0.25) is 0 Å². The van der Waals surface area contributed by atoms with Gasteiger partial charge in [0.05, 0.1) is 14.2 Å². The molecule has 2 rings (SSSR count). The second-order valence-electron chi connectivity index (χ2n) is 5.11. The number of halogens is 1. The largest absolute Gasteiger partial charge is 0.497 e. The maximum atomic E-state index is 12.3. The molecule has 1 atom stereocenters. The van der Waals surface area contributed by atoms with E-state index in [4.69, 9.17) is 25.8 Å². The Kier molecular flexibility index (Phi) is 6.25. The maximum absolute atomic E-state index is 12.3. The summed E-state index contributed by atoms with van der Waals surface area (Å²) in [5.74, 6) is -0.168. The summed E-state index contributed by atoms with van der Waals surface area (Å²) in [5.41, 5.74) is 0.716. The molecular weight excluding hydrogens is 346 g/mol. The third-order valence-corrected chi connectivity index (χ3v) is 3.63. The highest BCUT2D eigenvalue weighted by Crippen LogP contribution is 2.24. The van der Waals surface area contributed by atoms with Crippen LogP contribution in [0.3, 0.4) is 0 Å². The van der Waals surface area contributed by atoms with Crippen LogP contribution in [0.2, 0.25) is 5.02 Å². The molecule has 6 nitrogen and oxygen atoms in total. The standard InChI is InChI=1S/C18H18ClNO5/c1-11(17(21)20-13-5-7-14(23-2)8-6-13)25-18(22)15-10-12(19)4-9-16(15)24-3/h4-11H,1-3H3,(H,20,21)/t11-/m1/s1. The van der Waals surface area contributed by atoms with Gasteiger partial charge in [-0.2, -0.15) is 0 Å². The molecule has 0 aliphatic rings. The van der Waals surface area contributed by atoms with E-state index in [-0.39, 0.29) is 5.56 Å². The van der Waals surface area contributed by atoms with Gasteiger partial charge in [0, 0.05) is 10.7 Å². The molecule has 0 aromatic heterocycles. The third-order valence-electron chi connectivity index (χ3n) is 3.39. The van der Waals surface area contributed by atoms with E-state index >= 15 is 0 Å². The Balaban J connectivity index is 2.02. The van der Waals surface area contributed by atoms with Crippen molar-refractivity contribution >= 4 is 29.2 Å². The zero-order valence-corrected chi connectivity index (χ0v) is 14.8. The van der Waals surface area contributed by atoms with E-state index < -0.39 is 18.0 Å². The molecule has 0 bridgehead atoms. The molecule has 0 fully saturated rings. The SMILES string of the molecule is COc1ccc(NC(=O)[C@@H](C)OC(=O)c2cc(Cl)ccc2OC)cc1. The van der Waals surface area contributed by atoms with Crippen molar-refractivity contribution < 1.29 is 23.8 Å². The Morgan fingerprint density at radius 1 is 1.04 bits per heavy atom. The van der Waals surface area contributed by atoms with Crippen LogP contribution < -0.4 is 14.8 Å². The van der Waals surface area contributed by atoms with Gasteiger partial charge in [-0.15, -0.1) is 0 Å². The van der Waals surface area contributed by atoms with Crippen LogP contribution in [0.4, 0.5) is 5.69 Å². The van der Waals surface area contributed by atoms with Gasteiger partial charge in [-0.1, -0.05) is 11.6 Å². The number of anilines is 1. The maximum Gasteiger partial charge on any atom is 0.342 e. The predicted molar refractivity (Wildman–Crippen MR) is 94.5 cm³/mol. The Bertz CT molecular complexity index is 761. The first-order valence-corrected chi connectivity index (χ1v) is 7.82. The van der Waals surface area contributed by atoms with E-state index in [2.05, 4.69) is 5.32 Å². The molecule has 0 spiro atoms. The van der Waals surface area contributed by atoms with Gasteiger partial charge in [-0.3, -0.25) is 4.79 Å². The van der Waals surface area contributed by atoms with E-state index in [1.807, 2.05) is 0 Å². The molecule has 0 aliphatic heterocycles. The quantitative estimate of drug-likeness (QED) is 0.794. The van der Waals surface area contributed by atoms with Gasteiger partial charge >= 0.3 is 5.97 Å². The molecular formula is C18H18ClNO5. The number of hydrogen-bond acceptors (Lipinski definition) is 5. The van der Waals surface area contributed by atoms with Gasteiger partial charge in [0.15, 0.2) is 6.10 Å². The second kappa shape index (κ2) is 8.39. The molecule has 7 heteroatoms. The van der Waals surface area contributed by atoms with Gasteiger partial charge < -0.3 is 19.5 Å². The first-order valence-electron chi connectivity index (χ1n) is 7.44. The number of carbonyl (C=O) groups is 2. The van der Waals surface area contributed by atoms with Crippen LogP contribution in [0.25, 0.3) is 0 Å². The summed E-state index contributed by atoms with van der Waals surface area (Å²) in [6, 6.07) is 11.4. The molecule has 0 aliphatic carbocycles. The van der Waals surface area contributed by atoms with Crippen molar-refractivity contribution in [2.24, 2.45) is 0 Å². The summed E-state index contributed by atoms with van der Waals surface area (Å²) in [5, 5.41) is 3.02. The van der Waals surface area contributed by atoms with Crippen LogP contribution in [-0.4, -0.2) is 32.2 Å². The molecule has 132 valence electrons. The van der Waals surface area contributed by atoms with Crippen molar-refractivity contribution in [3.05, 3.63) is 53.1 Å². The number of ether oxygens (including phenoxy) is 3. The fraction of sp³-hybridized carbons (Fsp3) is 0.222. The normalized spacial score (nSPS) is 11.4. The monoisotopic (exact) mass is 363 g/mol. The lowest BCUT2D eigenvalue weighted by Gasteiger charge is -2.15. The summed E-state index contributed by atoms with van der Waals surface area (Å²) in [4.78, 5) is 24.4. The van der Waals surface area contributed by atoms with Gasteiger partial charge in [-0.05, 0) is 49.4 Å². The summed E-state index contributed by atoms with van der Waals surface area (Å²) >= 11 is 5.90. The van der Waals surface area contributed by atoms with Crippen molar-refractivity contribution in [2.75, 3.05) is 19.5 Å². The molecule has 1 amide bonds. The highest BCUT2D eigenvalue weighted by Gasteiger charge is 2.21. The summed E-state index contributed by atoms with van der Waals surface area (Å²) in [7, 11) is 2.99. The summed E-state index contributed by atoms with van der Waals surface area (Å²) in [6.45, 7) is 1.48. The Morgan fingerprint density at radius 2 is 1.72 bits per heavy atom. The van der Waals surface area contributed by atoms with E-state index in [9.17, 15) is 9.59 Å². The van der Waals surface area contributed by atoms with Crippen LogP contribution in [0.5, 0.6) is 11.5 Å². The van der Waals surface area contributed by atoms with Gasteiger partial charge in [0.1, 0.15) is 17.1 Å². The Hall–Kier alpha value is -2.73. The number of hydrogen-bond donors (Lipinski definition) is 1. The average molecular weight is 364 g/mol. The Labute approximate surface area is 150 Å². The van der Waals surface area contributed by atoms with E-state index in [1.165, 1.54) is 20.1 Å². The molecule has 1 N–H and O–H groups in total. The fourth-order valence-corrected chi connectivity index (χ4v) is 2.21. The number of amides is 1. The molecule has 25 heavy (non-hydrogen) atoms. The number of methoxy groups -OCH3 is 2. The Morgan fingerprint density at radius 3 is 2.32 bits per heavy atom. The zero-order chi connectivity index (χ0) is 18.4. The topological polar surface area (TPSA) is 73.9 Å². The van der Waals surface area contributed by atoms with Gasteiger partial charge in [0.25, 0.3) is 5.91 Å². The zero-order valence-electron chi connectivity index (χ0n) is 14.0. The van der Waals surface area contributed by atoms with Crippen LogP contribution in [0, 0.1) is 0 Å². The summed E-state index contributed by atoms with van der Waals surface area (Å²) < 4.78 is 15.4. The first kappa shape index (κ1) is 18.6. The highest BCUT2D eigenvalue weighted by molar-refractivity contribution is 6.31. The molecule has 0 unspecified atom stereocenters.